The first-order chi connectivity index (χ1) is 8.15. The van der Waals surface area contributed by atoms with Gasteiger partial charge in [0.1, 0.15) is 5.75 Å². The molecule has 5 nitrogen and oxygen atoms in total. The van der Waals surface area contributed by atoms with E-state index >= 15 is 0 Å². The molecule has 0 saturated heterocycles. The number of methoxy groups -OCH3 is 1. The van der Waals surface area contributed by atoms with Gasteiger partial charge >= 0.3 is 0 Å². The molecule has 0 atom stereocenters. The molecule has 0 heterocycles. The molecule has 18 heavy (non-hydrogen) atoms. The van der Waals surface area contributed by atoms with Crippen molar-refractivity contribution in [3.63, 3.8) is 0 Å². The molecule has 1 rings (SSSR count). The predicted octanol–water partition coefficient (Wildman–Crippen LogP) is 1.60. The third-order valence-electron chi connectivity index (χ3n) is 2.31. The first-order valence-electron chi connectivity index (χ1n) is 5.59. The van der Waals surface area contributed by atoms with E-state index in [-0.39, 0.29) is 10.3 Å². The summed E-state index contributed by atoms with van der Waals surface area (Å²) in [4.78, 5) is 0.151. The Morgan fingerprint density at radius 3 is 2.44 bits per heavy atom. The molecular weight excluding hydrogens is 252 g/mol. The van der Waals surface area contributed by atoms with E-state index in [0.717, 1.165) is 0 Å². The van der Waals surface area contributed by atoms with Crippen LogP contribution in [0.15, 0.2) is 23.1 Å². The number of hydrogen-bond donors (Lipinski definition) is 2. The summed E-state index contributed by atoms with van der Waals surface area (Å²) in [7, 11) is -2.08. The number of nitrogens with two attached hydrogens (primary N) is 1. The lowest BCUT2D eigenvalue weighted by Gasteiger charge is -2.19. The fourth-order valence-corrected chi connectivity index (χ4v) is 2.55. The third kappa shape index (κ3) is 3.89. The molecule has 0 aliphatic carbocycles. The first-order valence-corrected chi connectivity index (χ1v) is 7.07. The quantitative estimate of drug-likeness (QED) is 0.816. The van der Waals surface area contributed by atoms with Crippen molar-refractivity contribution in [1.82, 2.24) is 4.72 Å². The number of nitrogens with one attached hydrogen (secondary N) is 1. The number of sulfonamides is 1. The molecule has 0 unspecified atom stereocenters. The molecule has 102 valence electrons. The van der Waals surface area contributed by atoms with Crippen LogP contribution in [0.1, 0.15) is 20.8 Å². The first kappa shape index (κ1) is 14.8. The van der Waals surface area contributed by atoms with Crippen molar-refractivity contribution in [2.24, 2.45) is 5.41 Å². The van der Waals surface area contributed by atoms with E-state index < -0.39 is 10.0 Å². The van der Waals surface area contributed by atoms with Crippen LogP contribution in [0.5, 0.6) is 5.75 Å². The van der Waals surface area contributed by atoms with Gasteiger partial charge in [-0.25, -0.2) is 13.1 Å². The normalized spacial score (nSPS) is 12.4. The second kappa shape index (κ2) is 5.16. The number of hydrogen-bond acceptors (Lipinski definition) is 4. The van der Waals surface area contributed by atoms with Crippen LogP contribution in [0.4, 0.5) is 5.69 Å². The molecule has 0 radical (unpaired) electrons. The molecule has 0 spiro atoms. The van der Waals surface area contributed by atoms with Crippen LogP contribution in [0.3, 0.4) is 0 Å². The number of ether oxygens (including phenoxy) is 1. The highest BCUT2D eigenvalue weighted by molar-refractivity contribution is 7.89. The Hall–Kier alpha value is -1.27. The van der Waals surface area contributed by atoms with E-state index in [1.165, 1.54) is 25.3 Å². The van der Waals surface area contributed by atoms with Crippen LogP contribution in [-0.2, 0) is 10.0 Å². The maximum absolute atomic E-state index is 12.1. The molecule has 1 aromatic carbocycles. The van der Waals surface area contributed by atoms with Crippen molar-refractivity contribution in [3.8, 4) is 5.75 Å². The van der Waals surface area contributed by atoms with Crippen molar-refractivity contribution >= 4 is 15.7 Å². The van der Waals surface area contributed by atoms with Crippen molar-refractivity contribution < 1.29 is 13.2 Å². The van der Waals surface area contributed by atoms with Crippen LogP contribution in [-0.4, -0.2) is 22.1 Å². The highest BCUT2D eigenvalue weighted by Gasteiger charge is 2.19. The summed E-state index contributed by atoms with van der Waals surface area (Å²) in [6.45, 7) is 6.24. The SMILES string of the molecule is COc1cc(S(=O)(=O)NCC(C)(C)C)ccc1N. The van der Waals surface area contributed by atoms with Crippen molar-refractivity contribution in [2.75, 3.05) is 19.4 Å². The second-order valence-electron chi connectivity index (χ2n) is 5.29. The van der Waals surface area contributed by atoms with Crippen molar-refractivity contribution in [3.05, 3.63) is 18.2 Å². The van der Waals surface area contributed by atoms with Gasteiger partial charge < -0.3 is 10.5 Å². The van der Waals surface area contributed by atoms with Crippen LogP contribution in [0, 0.1) is 5.41 Å². The standard InChI is InChI=1S/C12H20N2O3S/c1-12(2,3)8-14-18(15,16)9-5-6-10(13)11(7-9)17-4/h5-7,14H,8,13H2,1-4H3. The zero-order valence-corrected chi connectivity index (χ0v) is 12.0. The molecule has 0 aliphatic heterocycles. The van der Waals surface area contributed by atoms with Gasteiger partial charge in [0.05, 0.1) is 17.7 Å². The summed E-state index contributed by atoms with van der Waals surface area (Å²) in [6, 6.07) is 4.40. The fraction of sp³-hybridized carbons (Fsp3) is 0.500. The van der Waals surface area contributed by atoms with Crippen molar-refractivity contribution in [2.45, 2.75) is 25.7 Å². The molecule has 0 aromatic heterocycles. The zero-order valence-electron chi connectivity index (χ0n) is 11.1. The summed E-state index contributed by atoms with van der Waals surface area (Å²) in [5.74, 6) is 0.355. The average molecular weight is 272 g/mol. The smallest absolute Gasteiger partial charge is 0.240 e. The monoisotopic (exact) mass is 272 g/mol. The zero-order chi connectivity index (χ0) is 14.0. The predicted molar refractivity (Wildman–Crippen MR) is 72.0 cm³/mol. The molecule has 0 aliphatic rings. The third-order valence-corrected chi connectivity index (χ3v) is 3.71. The van der Waals surface area contributed by atoms with Gasteiger partial charge in [0.25, 0.3) is 0 Å². The molecule has 0 saturated carbocycles. The van der Waals surface area contributed by atoms with Gasteiger partial charge in [-0.2, -0.15) is 0 Å². The van der Waals surface area contributed by atoms with Crippen LogP contribution in [0.25, 0.3) is 0 Å². The molecule has 3 N–H and O–H groups in total. The lowest BCUT2D eigenvalue weighted by atomic mass is 9.98. The number of nitrogen functional groups attached to an aromatic ring is 1. The molecule has 1 aromatic rings. The Balaban J connectivity index is 2.99. The van der Waals surface area contributed by atoms with Gasteiger partial charge in [-0.05, 0) is 17.5 Å². The summed E-state index contributed by atoms with van der Waals surface area (Å²) < 4.78 is 31.7. The number of anilines is 1. The Morgan fingerprint density at radius 2 is 1.94 bits per heavy atom. The Bertz CT molecular complexity index is 519. The Kier molecular flexibility index (Phi) is 4.24. The Labute approximate surface area is 108 Å². The topological polar surface area (TPSA) is 81.4 Å². The van der Waals surface area contributed by atoms with Crippen LogP contribution in [0.2, 0.25) is 0 Å². The minimum Gasteiger partial charge on any atom is -0.495 e. The number of rotatable bonds is 4. The highest BCUT2D eigenvalue weighted by Crippen LogP contribution is 2.25. The van der Waals surface area contributed by atoms with Gasteiger partial charge in [-0.3, -0.25) is 0 Å². The molecule has 6 heteroatoms. The van der Waals surface area contributed by atoms with E-state index in [9.17, 15) is 8.42 Å². The van der Waals surface area contributed by atoms with Gasteiger partial charge in [0, 0.05) is 12.6 Å². The van der Waals surface area contributed by atoms with E-state index in [1.807, 2.05) is 20.8 Å². The summed E-state index contributed by atoms with van der Waals surface area (Å²) >= 11 is 0. The van der Waals surface area contributed by atoms with E-state index in [0.29, 0.717) is 18.0 Å². The maximum Gasteiger partial charge on any atom is 0.240 e. The fourth-order valence-electron chi connectivity index (χ4n) is 1.25. The van der Waals surface area contributed by atoms with E-state index in [1.54, 1.807) is 0 Å². The van der Waals surface area contributed by atoms with Crippen LogP contribution < -0.4 is 15.2 Å². The summed E-state index contributed by atoms with van der Waals surface area (Å²) in [5.41, 5.74) is 5.94. The van der Waals surface area contributed by atoms with Gasteiger partial charge in [0.15, 0.2) is 0 Å². The minimum atomic E-state index is -3.53. The van der Waals surface area contributed by atoms with E-state index in [2.05, 4.69) is 4.72 Å². The molecule has 0 amide bonds. The van der Waals surface area contributed by atoms with Crippen molar-refractivity contribution in [1.29, 1.82) is 0 Å². The Morgan fingerprint density at radius 1 is 1.33 bits per heavy atom. The maximum atomic E-state index is 12.1. The minimum absolute atomic E-state index is 0.120. The van der Waals surface area contributed by atoms with Gasteiger partial charge in [-0.15, -0.1) is 0 Å². The van der Waals surface area contributed by atoms with Gasteiger partial charge in [-0.1, -0.05) is 20.8 Å². The second-order valence-corrected chi connectivity index (χ2v) is 7.06. The average Bonchev–Trinajstić information content (AvgIpc) is 2.26. The lowest BCUT2D eigenvalue weighted by molar-refractivity contribution is 0.407. The molecule has 0 bridgehead atoms. The molecule has 0 fully saturated rings. The summed E-state index contributed by atoms with van der Waals surface area (Å²) in [5, 5.41) is 0. The van der Waals surface area contributed by atoms with Gasteiger partial charge in [0.2, 0.25) is 10.0 Å². The summed E-state index contributed by atoms with van der Waals surface area (Å²) in [6.07, 6.45) is 0. The molecular formula is C12H20N2O3S. The van der Waals surface area contributed by atoms with Crippen LogP contribution >= 0.6 is 0 Å². The highest BCUT2D eigenvalue weighted by atomic mass is 32.2. The largest absolute Gasteiger partial charge is 0.495 e. The number of benzene rings is 1. The lowest BCUT2D eigenvalue weighted by Crippen LogP contribution is -2.32. The van der Waals surface area contributed by atoms with E-state index in [4.69, 9.17) is 10.5 Å².